The molecule has 0 bridgehead atoms. The molecular weight excluding hydrogens is 360 g/mol. The Kier molecular flexibility index (Phi) is 6.50. The van der Waals surface area contributed by atoms with Gasteiger partial charge in [0.05, 0.1) is 11.8 Å². The molecule has 26 heavy (non-hydrogen) atoms. The molecule has 2 rings (SSSR count). The predicted octanol–water partition coefficient (Wildman–Crippen LogP) is 3.46. The Morgan fingerprint density at radius 1 is 1.27 bits per heavy atom. The van der Waals surface area contributed by atoms with Crippen LogP contribution < -0.4 is 15.4 Å². The van der Waals surface area contributed by atoms with Crippen molar-refractivity contribution in [2.24, 2.45) is 5.18 Å². The van der Waals surface area contributed by atoms with E-state index in [0.29, 0.717) is 18.5 Å². The van der Waals surface area contributed by atoms with Crippen LogP contribution in [0.5, 0.6) is 5.75 Å². The Morgan fingerprint density at radius 3 is 2.65 bits per heavy atom. The number of thiazole rings is 1. The van der Waals surface area contributed by atoms with E-state index >= 15 is 0 Å². The van der Waals surface area contributed by atoms with Crippen molar-refractivity contribution in [2.75, 3.05) is 10.6 Å². The lowest BCUT2D eigenvalue weighted by atomic mass is 10.1. The molecule has 10 heteroatoms. The first-order valence-corrected chi connectivity index (χ1v) is 8.47. The van der Waals surface area contributed by atoms with Crippen LogP contribution in [0.4, 0.5) is 15.8 Å². The van der Waals surface area contributed by atoms with E-state index in [-0.39, 0.29) is 27.4 Å². The van der Waals surface area contributed by atoms with Crippen LogP contribution in [0.1, 0.15) is 37.0 Å². The van der Waals surface area contributed by atoms with E-state index < -0.39 is 11.9 Å². The van der Waals surface area contributed by atoms with Crippen molar-refractivity contribution in [3.05, 3.63) is 34.9 Å². The highest BCUT2D eigenvalue weighted by Crippen LogP contribution is 2.28. The van der Waals surface area contributed by atoms with Gasteiger partial charge in [-0.05, 0) is 29.8 Å². The van der Waals surface area contributed by atoms with Crippen LogP contribution in [-0.4, -0.2) is 22.8 Å². The molecule has 1 aromatic heterocycles. The SMILES string of the molecule is CCCC(=O)Nc1ccc(OC(C)=O)c(C(=O)Nc2ncc(N=O)s2)c1. The molecule has 0 saturated carbocycles. The molecule has 0 aliphatic carbocycles. The number of ether oxygens (including phenoxy) is 1. The molecule has 0 atom stereocenters. The quantitative estimate of drug-likeness (QED) is 0.433. The average molecular weight is 376 g/mol. The molecule has 0 radical (unpaired) electrons. The van der Waals surface area contributed by atoms with Crippen molar-refractivity contribution in [1.82, 2.24) is 4.98 Å². The summed E-state index contributed by atoms with van der Waals surface area (Å²) >= 11 is 0.897. The molecule has 1 heterocycles. The minimum Gasteiger partial charge on any atom is -0.426 e. The molecule has 2 amide bonds. The summed E-state index contributed by atoms with van der Waals surface area (Å²) in [4.78, 5) is 49.8. The Bertz CT molecular complexity index is 849. The third kappa shape index (κ3) is 5.18. The molecule has 1 aromatic carbocycles. The van der Waals surface area contributed by atoms with Crippen LogP contribution in [0.25, 0.3) is 0 Å². The second-order valence-electron chi connectivity index (χ2n) is 5.15. The Labute approximate surface area is 152 Å². The second kappa shape index (κ2) is 8.81. The third-order valence-corrected chi connectivity index (χ3v) is 3.83. The van der Waals surface area contributed by atoms with Gasteiger partial charge in [0, 0.05) is 19.0 Å². The highest BCUT2D eigenvalue weighted by Gasteiger charge is 2.17. The van der Waals surface area contributed by atoms with Crippen LogP contribution in [0.15, 0.2) is 29.6 Å². The fraction of sp³-hybridized carbons (Fsp3) is 0.250. The standard InChI is InChI=1S/C16H16N4O5S/c1-3-4-13(22)18-10-5-6-12(25-9(2)21)11(7-10)15(23)19-16-17-8-14(20-24)26-16/h5-8H,3-4H2,1-2H3,(H,18,22)(H,17,19,23). The number of amides is 2. The van der Waals surface area contributed by atoms with Gasteiger partial charge in [0.2, 0.25) is 5.91 Å². The minimum atomic E-state index is -0.611. The van der Waals surface area contributed by atoms with Crippen LogP contribution in [0.3, 0.4) is 0 Å². The van der Waals surface area contributed by atoms with Crippen molar-refractivity contribution in [3.8, 4) is 5.75 Å². The number of nitrogens with one attached hydrogen (secondary N) is 2. The molecule has 0 aliphatic heterocycles. The Balaban J connectivity index is 2.28. The van der Waals surface area contributed by atoms with Gasteiger partial charge in [-0.15, -0.1) is 4.91 Å². The Hall–Kier alpha value is -3.14. The zero-order valence-corrected chi connectivity index (χ0v) is 14.9. The first-order valence-electron chi connectivity index (χ1n) is 7.65. The number of rotatable bonds is 7. The molecule has 0 unspecified atom stereocenters. The topological polar surface area (TPSA) is 127 Å². The lowest BCUT2D eigenvalue weighted by Crippen LogP contribution is -2.16. The third-order valence-electron chi connectivity index (χ3n) is 3.04. The number of anilines is 2. The second-order valence-corrected chi connectivity index (χ2v) is 6.16. The lowest BCUT2D eigenvalue weighted by Gasteiger charge is -2.11. The number of carbonyl (C=O) groups is 3. The van der Waals surface area contributed by atoms with Crippen LogP contribution in [0, 0.1) is 4.91 Å². The maximum Gasteiger partial charge on any atom is 0.308 e. The maximum atomic E-state index is 12.5. The summed E-state index contributed by atoms with van der Waals surface area (Å²) in [6.07, 6.45) is 2.25. The van der Waals surface area contributed by atoms with E-state index in [0.717, 1.165) is 11.3 Å². The summed E-state index contributed by atoms with van der Waals surface area (Å²) in [5.74, 6) is -1.36. The van der Waals surface area contributed by atoms with Crippen LogP contribution in [0.2, 0.25) is 0 Å². The summed E-state index contributed by atoms with van der Waals surface area (Å²) in [6, 6.07) is 4.34. The molecule has 0 spiro atoms. The van der Waals surface area contributed by atoms with Gasteiger partial charge in [-0.25, -0.2) is 4.98 Å². The molecule has 2 N–H and O–H groups in total. The van der Waals surface area contributed by atoms with Crippen LogP contribution >= 0.6 is 11.3 Å². The highest BCUT2D eigenvalue weighted by molar-refractivity contribution is 7.19. The molecule has 136 valence electrons. The predicted molar refractivity (Wildman–Crippen MR) is 96.8 cm³/mol. The molecule has 9 nitrogen and oxygen atoms in total. The van der Waals surface area contributed by atoms with Gasteiger partial charge in [0.25, 0.3) is 5.91 Å². The van der Waals surface area contributed by atoms with Gasteiger partial charge in [0.15, 0.2) is 10.1 Å². The lowest BCUT2D eigenvalue weighted by molar-refractivity contribution is -0.131. The van der Waals surface area contributed by atoms with Gasteiger partial charge in [-0.3, -0.25) is 19.7 Å². The van der Waals surface area contributed by atoms with Crippen molar-refractivity contribution in [1.29, 1.82) is 0 Å². The number of hydrogen-bond donors (Lipinski definition) is 2. The summed E-state index contributed by atoms with van der Waals surface area (Å²) in [6.45, 7) is 3.08. The number of hydrogen-bond acceptors (Lipinski definition) is 8. The van der Waals surface area contributed by atoms with E-state index in [4.69, 9.17) is 4.74 Å². The van der Waals surface area contributed by atoms with Crippen molar-refractivity contribution in [2.45, 2.75) is 26.7 Å². The van der Waals surface area contributed by atoms with Gasteiger partial charge in [0.1, 0.15) is 5.75 Å². The summed E-state index contributed by atoms with van der Waals surface area (Å²) in [7, 11) is 0. The number of benzene rings is 1. The normalized spacial score (nSPS) is 10.1. The number of aromatic nitrogens is 1. The number of nitroso groups, excluding NO2 is 1. The molecule has 0 saturated heterocycles. The zero-order valence-electron chi connectivity index (χ0n) is 14.1. The van der Waals surface area contributed by atoms with Crippen LogP contribution in [-0.2, 0) is 9.59 Å². The number of carbonyl (C=O) groups excluding carboxylic acids is 3. The smallest absolute Gasteiger partial charge is 0.308 e. The largest absolute Gasteiger partial charge is 0.426 e. The number of esters is 1. The summed E-state index contributed by atoms with van der Waals surface area (Å²) < 4.78 is 5.04. The van der Waals surface area contributed by atoms with Gasteiger partial charge in [-0.2, -0.15) is 0 Å². The summed E-state index contributed by atoms with van der Waals surface area (Å²) in [5.41, 5.74) is 0.421. The van der Waals surface area contributed by atoms with Gasteiger partial charge in [-0.1, -0.05) is 18.3 Å². The molecule has 0 aliphatic rings. The summed E-state index contributed by atoms with van der Waals surface area (Å²) in [5, 5.41) is 8.17. The monoisotopic (exact) mass is 376 g/mol. The van der Waals surface area contributed by atoms with E-state index in [9.17, 15) is 19.3 Å². The van der Waals surface area contributed by atoms with Crippen molar-refractivity contribution < 1.29 is 19.1 Å². The molecule has 0 fully saturated rings. The van der Waals surface area contributed by atoms with Gasteiger partial charge < -0.3 is 10.1 Å². The zero-order chi connectivity index (χ0) is 19.1. The first-order chi connectivity index (χ1) is 12.4. The molecular formula is C16H16N4O5S. The fourth-order valence-electron chi connectivity index (χ4n) is 2.01. The van der Waals surface area contributed by atoms with E-state index in [1.165, 1.54) is 31.3 Å². The van der Waals surface area contributed by atoms with E-state index in [2.05, 4.69) is 20.8 Å². The molecule has 2 aromatic rings. The van der Waals surface area contributed by atoms with E-state index in [1.807, 2.05) is 6.92 Å². The van der Waals surface area contributed by atoms with E-state index in [1.54, 1.807) is 0 Å². The number of nitrogens with zero attached hydrogens (tertiary/aromatic N) is 2. The minimum absolute atomic E-state index is 0.0327. The highest BCUT2D eigenvalue weighted by atomic mass is 32.1. The Morgan fingerprint density at radius 2 is 2.04 bits per heavy atom. The van der Waals surface area contributed by atoms with Crippen molar-refractivity contribution >= 4 is 44.9 Å². The average Bonchev–Trinajstić information content (AvgIpc) is 3.03. The maximum absolute atomic E-state index is 12.5. The van der Waals surface area contributed by atoms with Crippen molar-refractivity contribution in [3.63, 3.8) is 0 Å². The first kappa shape index (κ1) is 19.2. The van der Waals surface area contributed by atoms with Gasteiger partial charge >= 0.3 is 5.97 Å². The fourth-order valence-corrected chi connectivity index (χ4v) is 2.60.